The lowest BCUT2D eigenvalue weighted by Gasteiger charge is -2.14. The quantitative estimate of drug-likeness (QED) is 0.388. The van der Waals surface area contributed by atoms with E-state index in [2.05, 4.69) is 20.7 Å². The number of para-hydroxylation sites is 1. The minimum absolute atomic E-state index is 0.0209. The van der Waals surface area contributed by atoms with Crippen LogP contribution >= 0.6 is 0 Å². The number of hydrogen-bond donors (Lipinski definition) is 2. The van der Waals surface area contributed by atoms with E-state index in [1.54, 1.807) is 66.7 Å². The smallest absolute Gasteiger partial charge is 0.279 e. The standard InChI is InChI=1S/C27H18FN5O3/c28-17-13-14-21(30-25(34)22-12-6-7-15-29-22)23(16-17)31-26(35)24-19-10-4-5-11-20(19)27(36)33(32-24)18-8-2-1-3-9-18/h1-16H,(H,30,34)(H,31,35). The molecule has 3 aromatic carbocycles. The molecule has 176 valence electrons. The average Bonchev–Trinajstić information content (AvgIpc) is 2.91. The number of rotatable bonds is 5. The summed E-state index contributed by atoms with van der Waals surface area (Å²) in [6.07, 6.45) is 1.47. The molecule has 2 amide bonds. The SMILES string of the molecule is O=C(Nc1ccc(F)cc1NC(=O)c1nn(-c2ccccc2)c(=O)c2ccccc12)c1ccccn1. The van der Waals surface area contributed by atoms with Gasteiger partial charge >= 0.3 is 0 Å². The first kappa shape index (κ1) is 22.6. The minimum atomic E-state index is -0.685. The Labute approximate surface area is 204 Å². The van der Waals surface area contributed by atoms with Crippen LogP contribution in [0.25, 0.3) is 16.5 Å². The second kappa shape index (κ2) is 9.59. The second-order valence-electron chi connectivity index (χ2n) is 7.76. The number of pyridine rings is 1. The number of nitrogens with zero attached hydrogens (tertiary/aromatic N) is 3. The van der Waals surface area contributed by atoms with Gasteiger partial charge in [-0.2, -0.15) is 9.78 Å². The molecule has 0 fully saturated rings. The minimum Gasteiger partial charge on any atom is -0.319 e. The van der Waals surface area contributed by atoms with Crippen molar-refractivity contribution in [2.24, 2.45) is 0 Å². The van der Waals surface area contributed by atoms with Crippen LogP contribution in [0.3, 0.4) is 0 Å². The summed E-state index contributed by atoms with van der Waals surface area (Å²) in [5.74, 6) is -1.83. The molecule has 0 aliphatic carbocycles. The lowest BCUT2D eigenvalue weighted by Crippen LogP contribution is -2.26. The number of nitrogens with one attached hydrogen (secondary N) is 2. The number of halogens is 1. The van der Waals surface area contributed by atoms with Crippen molar-refractivity contribution in [2.45, 2.75) is 0 Å². The Balaban J connectivity index is 1.55. The molecule has 0 saturated carbocycles. The predicted molar refractivity (Wildman–Crippen MR) is 134 cm³/mol. The van der Waals surface area contributed by atoms with Gasteiger partial charge in [-0.05, 0) is 48.5 Å². The molecule has 0 atom stereocenters. The topological polar surface area (TPSA) is 106 Å². The highest BCUT2D eigenvalue weighted by atomic mass is 19.1. The molecule has 36 heavy (non-hydrogen) atoms. The summed E-state index contributed by atoms with van der Waals surface area (Å²) in [5, 5.41) is 10.2. The maximum atomic E-state index is 14.1. The van der Waals surface area contributed by atoms with Crippen LogP contribution in [-0.2, 0) is 0 Å². The van der Waals surface area contributed by atoms with E-state index in [-0.39, 0.29) is 28.3 Å². The van der Waals surface area contributed by atoms with Gasteiger partial charge in [0.2, 0.25) is 0 Å². The molecule has 9 heteroatoms. The molecule has 0 saturated heterocycles. The van der Waals surface area contributed by atoms with Crippen LogP contribution < -0.4 is 16.2 Å². The second-order valence-corrected chi connectivity index (χ2v) is 7.76. The van der Waals surface area contributed by atoms with Crippen LogP contribution in [0.1, 0.15) is 21.0 Å². The first-order valence-electron chi connectivity index (χ1n) is 10.9. The van der Waals surface area contributed by atoms with Gasteiger partial charge in [-0.1, -0.05) is 42.5 Å². The van der Waals surface area contributed by atoms with Crippen LogP contribution in [-0.4, -0.2) is 26.6 Å². The fraction of sp³-hybridized carbons (Fsp3) is 0. The number of amides is 2. The first-order valence-corrected chi connectivity index (χ1v) is 10.9. The van der Waals surface area contributed by atoms with E-state index in [1.165, 1.54) is 18.3 Å². The van der Waals surface area contributed by atoms with E-state index >= 15 is 0 Å². The third-order valence-electron chi connectivity index (χ3n) is 5.40. The fourth-order valence-electron chi connectivity index (χ4n) is 3.70. The van der Waals surface area contributed by atoms with Crippen LogP contribution in [0.15, 0.2) is 102 Å². The summed E-state index contributed by atoms with van der Waals surface area (Å²) < 4.78 is 15.3. The lowest BCUT2D eigenvalue weighted by atomic mass is 10.1. The Kier molecular flexibility index (Phi) is 6.02. The first-order chi connectivity index (χ1) is 17.5. The maximum Gasteiger partial charge on any atom is 0.279 e. The van der Waals surface area contributed by atoms with Crippen LogP contribution in [0.5, 0.6) is 0 Å². The molecule has 2 aromatic heterocycles. The maximum absolute atomic E-state index is 14.1. The highest BCUT2D eigenvalue weighted by Crippen LogP contribution is 2.25. The zero-order chi connectivity index (χ0) is 25.1. The van der Waals surface area contributed by atoms with Gasteiger partial charge in [-0.3, -0.25) is 19.4 Å². The summed E-state index contributed by atoms with van der Waals surface area (Å²) in [7, 11) is 0. The highest BCUT2D eigenvalue weighted by molar-refractivity contribution is 6.13. The fourth-order valence-corrected chi connectivity index (χ4v) is 3.70. The highest BCUT2D eigenvalue weighted by Gasteiger charge is 2.20. The van der Waals surface area contributed by atoms with Crippen LogP contribution in [0, 0.1) is 5.82 Å². The lowest BCUT2D eigenvalue weighted by molar-refractivity contribution is 0.101. The molecule has 0 spiro atoms. The Morgan fingerprint density at radius 1 is 0.750 bits per heavy atom. The third-order valence-corrected chi connectivity index (χ3v) is 5.40. The van der Waals surface area contributed by atoms with E-state index in [0.29, 0.717) is 16.5 Å². The van der Waals surface area contributed by atoms with Gasteiger partial charge in [0.05, 0.1) is 22.4 Å². The predicted octanol–water partition coefficient (Wildman–Crippen LogP) is 4.42. The molecule has 0 aliphatic rings. The van der Waals surface area contributed by atoms with Gasteiger partial charge in [-0.25, -0.2) is 4.39 Å². The largest absolute Gasteiger partial charge is 0.319 e. The number of aromatic nitrogens is 3. The Hall–Kier alpha value is -5.18. The molecule has 5 rings (SSSR count). The van der Waals surface area contributed by atoms with Crippen molar-refractivity contribution in [1.82, 2.24) is 14.8 Å². The summed E-state index contributed by atoms with van der Waals surface area (Å²) in [6.45, 7) is 0. The summed E-state index contributed by atoms with van der Waals surface area (Å²) in [6, 6.07) is 23.7. The summed E-state index contributed by atoms with van der Waals surface area (Å²) in [4.78, 5) is 43.1. The van der Waals surface area contributed by atoms with Crippen molar-refractivity contribution in [2.75, 3.05) is 10.6 Å². The average molecular weight is 479 g/mol. The van der Waals surface area contributed by atoms with E-state index in [4.69, 9.17) is 0 Å². The van der Waals surface area contributed by atoms with Crippen LogP contribution in [0.2, 0.25) is 0 Å². The molecule has 2 N–H and O–H groups in total. The molecule has 2 heterocycles. The van der Waals surface area contributed by atoms with Gasteiger partial charge in [0, 0.05) is 11.6 Å². The van der Waals surface area contributed by atoms with Crippen LogP contribution in [0.4, 0.5) is 15.8 Å². The Bertz CT molecular complexity index is 1650. The monoisotopic (exact) mass is 479 g/mol. The number of carbonyl (C=O) groups is 2. The molecule has 5 aromatic rings. The third kappa shape index (κ3) is 4.45. The van der Waals surface area contributed by atoms with Crippen molar-refractivity contribution in [3.63, 3.8) is 0 Å². The van der Waals surface area contributed by atoms with Gasteiger partial charge in [0.15, 0.2) is 5.69 Å². The number of anilines is 2. The van der Waals surface area contributed by atoms with Crippen molar-refractivity contribution >= 4 is 34.0 Å². The van der Waals surface area contributed by atoms with E-state index in [0.717, 1.165) is 16.8 Å². The van der Waals surface area contributed by atoms with Crippen molar-refractivity contribution in [3.8, 4) is 5.69 Å². The zero-order valence-electron chi connectivity index (χ0n) is 18.7. The Morgan fingerprint density at radius 3 is 2.19 bits per heavy atom. The molecule has 0 unspecified atom stereocenters. The molecular formula is C27H18FN5O3. The molecule has 0 aliphatic heterocycles. The van der Waals surface area contributed by atoms with Gasteiger partial charge in [0.25, 0.3) is 17.4 Å². The number of benzene rings is 3. The number of hydrogen-bond acceptors (Lipinski definition) is 5. The van der Waals surface area contributed by atoms with Crippen molar-refractivity contribution in [1.29, 1.82) is 0 Å². The van der Waals surface area contributed by atoms with Gasteiger partial charge in [0.1, 0.15) is 11.5 Å². The molecule has 0 bridgehead atoms. The molecular weight excluding hydrogens is 461 g/mol. The normalized spacial score (nSPS) is 10.7. The van der Waals surface area contributed by atoms with E-state index in [1.807, 2.05) is 0 Å². The van der Waals surface area contributed by atoms with Gasteiger partial charge in [-0.15, -0.1) is 0 Å². The Morgan fingerprint density at radius 2 is 1.44 bits per heavy atom. The van der Waals surface area contributed by atoms with Crippen molar-refractivity contribution < 1.29 is 14.0 Å². The van der Waals surface area contributed by atoms with Gasteiger partial charge < -0.3 is 10.6 Å². The van der Waals surface area contributed by atoms with Crippen molar-refractivity contribution in [3.05, 3.63) is 125 Å². The summed E-state index contributed by atoms with van der Waals surface area (Å²) >= 11 is 0. The number of fused-ring (bicyclic) bond motifs is 1. The van der Waals surface area contributed by atoms with E-state index < -0.39 is 17.6 Å². The zero-order valence-corrected chi connectivity index (χ0v) is 18.7. The summed E-state index contributed by atoms with van der Waals surface area (Å²) in [5.41, 5.74) is 0.398. The molecule has 8 nitrogen and oxygen atoms in total. The molecule has 0 radical (unpaired) electrons. The van der Waals surface area contributed by atoms with E-state index in [9.17, 15) is 18.8 Å². The number of carbonyl (C=O) groups excluding carboxylic acids is 2.